The Balaban J connectivity index is 1.90. The summed E-state index contributed by atoms with van der Waals surface area (Å²) in [6.07, 6.45) is 0. The van der Waals surface area contributed by atoms with Crippen LogP contribution in [0.15, 0.2) is 41.8 Å². The molecule has 0 saturated heterocycles. The highest BCUT2D eigenvalue weighted by Crippen LogP contribution is 2.42. The number of rotatable bonds is 5. The first kappa shape index (κ1) is 14.2. The van der Waals surface area contributed by atoms with Crippen LogP contribution in [0.25, 0.3) is 0 Å². The van der Waals surface area contributed by atoms with E-state index in [2.05, 4.69) is 0 Å². The lowest BCUT2D eigenvalue weighted by Gasteiger charge is -2.23. The molecule has 1 unspecified atom stereocenters. The maximum Gasteiger partial charge on any atom is 0.313 e. The molecule has 0 saturated carbocycles. The van der Waals surface area contributed by atoms with Gasteiger partial charge >= 0.3 is 5.97 Å². The summed E-state index contributed by atoms with van der Waals surface area (Å²) >= 11 is 2.88. The number of fused-ring (bicyclic) bond motifs is 1. The molecular weight excluding hydrogens is 306 g/mol. The van der Waals surface area contributed by atoms with Crippen molar-refractivity contribution in [2.24, 2.45) is 0 Å². The number of carboxylic acid groups (broad SMARTS) is 1. The van der Waals surface area contributed by atoms with Crippen LogP contribution >= 0.6 is 23.1 Å². The van der Waals surface area contributed by atoms with Gasteiger partial charge in [-0.15, -0.1) is 23.1 Å². The largest absolute Gasteiger partial charge is 0.481 e. The van der Waals surface area contributed by atoms with Crippen molar-refractivity contribution >= 4 is 35.0 Å². The quantitative estimate of drug-likeness (QED) is 0.919. The highest BCUT2D eigenvalue weighted by Gasteiger charge is 2.37. The van der Waals surface area contributed by atoms with E-state index in [4.69, 9.17) is 5.11 Å². The van der Waals surface area contributed by atoms with Crippen molar-refractivity contribution < 1.29 is 14.7 Å². The zero-order chi connectivity index (χ0) is 14.8. The normalized spacial score (nSPS) is 17.0. The zero-order valence-electron chi connectivity index (χ0n) is 11.1. The van der Waals surface area contributed by atoms with Gasteiger partial charge in [-0.2, -0.15) is 0 Å². The van der Waals surface area contributed by atoms with Crippen LogP contribution < -0.4 is 0 Å². The van der Waals surface area contributed by atoms with Crippen molar-refractivity contribution in [1.82, 2.24) is 4.90 Å². The number of hydrogen-bond donors (Lipinski definition) is 1. The molecule has 108 valence electrons. The topological polar surface area (TPSA) is 57.6 Å². The van der Waals surface area contributed by atoms with E-state index in [-0.39, 0.29) is 17.0 Å². The van der Waals surface area contributed by atoms with Crippen molar-refractivity contribution in [3.05, 3.63) is 57.8 Å². The summed E-state index contributed by atoms with van der Waals surface area (Å²) in [7, 11) is 0. The Hall–Kier alpha value is -1.79. The fraction of sp³-hybridized carbons (Fsp3) is 0.200. The molecule has 0 radical (unpaired) electrons. The van der Waals surface area contributed by atoms with Crippen LogP contribution in [-0.4, -0.2) is 27.6 Å². The average Bonchev–Trinajstić information content (AvgIpc) is 3.06. The summed E-state index contributed by atoms with van der Waals surface area (Å²) in [5.74, 6) is -0.914. The van der Waals surface area contributed by atoms with Crippen molar-refractivity contribution in [2.45, 2.75) is 11.9 Å². The van der Waals surface area contributed by atoms with Crippen LogP contribution in [0.1, 0.15) is 26.2 Å². The Kier molecular flexibility index (Phi) is 3.98. The van der Waals surface area contributed by atoms with Gasteiger partial charge in [0.05, 0.1) is 12.3 Å². The van der Waals surface area contributed by atoms with Gasteiger partial charge in [0.2, 0.25) is 0 Å². The van der Waals surface area contributed by atoms with E-state index in [1.165, 1.54) is 11.8 Å². The average molecular weight is 319 g/mol. The fourth-order valence-electron chi connectivity index (χ4n) is 2.39. The van der Waals surface area contributed by atoms with Gasteiger partial charge in [-0.25, -0.2) is 0 Å². The Bertz CT molecular complexity index is 669. The molecule has 1 amide bonds. The molecule has 1 aromatic carbocycles. The van der Waals surface area contributed by atoms with Gasteiger partial charge in [0, 0.05) is 10.4 Å². The van der Waals surface area contributed by atoms with Gasteiger partial charge in [-0.05, 0) is 23.1 Å². The second-order valence-corrected chi connectivity index (χ2v) is 6.76. The molecule has 1 aliphatic rings. The van der Waals surface area contributed by atoms with E-state index in [0.717, 1.165) is 10.4 Å². The number of carboxylic acids is 1. The lowest BCUT2D eigenvalue weighted by molar-refractivity contribution is -0.133. The number of aliphatic carboxylic acids is 1. The first-order valence-corrected chi connectivity index (χ1v) is 8.35. The van der Waals surface area contributed by atoms with E-state index in [1.807, 2.05) is 35.7 Å². The Morgan fingerprint density at radius 3 is 2.81 bits per heavy atom. The van der Waals surface area contributed by atoms with Gasteiger partial charge in [0.15, 0.2) is 0 Å². The molecular formula is C15H13NO3S2. The van der Waals surface area contributed by atoms with Crippen LogP contribution in [0, 0.1) is 0 Å². The molecule has 0 fully saturated rings. The number of nitrogens with zero attached hydrogens (tertiary/aromatic N) is 1. The molecule has 1 aromatic heterocycles. The van der Waals surface area contributed by atoms with Crippen molar-refractivity contribution in [2.75, 3.05) is 5.75 Å². The first-order valence-electron chi connectivity index (χ1n) is 6.42. The van der Waals surface area contributed by atoms with E-state index >= 15 is 0 Å². The number of thiophene rings is 1. The minimum Gasteiger partial charge on any atom is -0.481 e. The van der Waals surface area contributed by atoms with Gasteiger partial charge in [-0.1, -0.05) is 24.3 Å². The van der Waals surface area contributed by atoms with Crippen LogP contribution in [0.5, 0.6) is 0 Å². The highest BCUT2D eigenvalue weighted by molar-refractivity contribution is 8.00. The molecule has 3 rings (SSSR count). The number of hydrogen-bond acceptors (Lipinski definition) is 4. The third-order valence-electron chi connectivity index (χ3n) is 3.27. The summed E-state index contributed by atoms with van der Waals surface area (Å²) in [5.41, 5.74) is 1.59. The number of thioether (sulfide) groups is 1. The van der Waals surface area contributed by atoms with Crippen LogP contribution in [0.4, 0.5) is 0 Å². The molecule has 6 heteroatoms. The molecule has 2 heterocycles. The predicted octanol–water partition coefficient (Wildman–Crippen LogP) is 3.22. The van der Waals surface area contributed by atoms with E-state index in [9.17, 15) is 9.59 Å². The molecule has 21 heavy (non-hydrogen) atoms. The first-order chi connectivity index (χ1) is 10.2. The summed E-state index contributed by atoms with van der Waals surface area (Å²) in [4.78, 5) is 26.2. The van der Waals surface area contributed by atoms with Crippen LogP contribution in [-0.2, 0) is 11.3 Å². The maximum atomic E-state index is 12.5. The van der Waals surface area contributed by atoms with Crippen LogP contribution in [0.2, 0.25) is 0 Å². The summed E-state index contributed by atoms with van der Waals surface area (Å²) in [6, 6.07) is 11.4. The Labute approximate surface area is 130 Å². The standard InChI is InChI=1S/C15H13NO3S2/c17-13(18)9-21-15-12-6-2-1-5-11(12)14(19)16(15)8-10-4-3-7-20-10/h1-7,15H,8-9H2,(H,17,18). The molecule has 0 bridgehead atoms. The van der Waals surface area contributed by atoms with Crippen molar-refractivity contribution in [3.63, 3.8) is 0 Å². The second-order valence-electron chi connectivity index (χ2n) is 4.66. The minimum atomic E-state index is -0.868. The van der Waals surface area contributed by atoms with Gasteiger partial charge in [0.25, 0.3) is 5.91 Å². The Morgan fingerprint density at radius 1 is 1.29 bits per heavy atom. The van der Waals surface area contributed by atoms with Crippen LogP contribution in [0.3, 0.4) is 0 Å². The lowest BCUT2D eigenvalue weighted by Crippen LogP contribution is -2.26. The molecule has 0 aliphatic carbocycles. The summed E-state index contributed by atoms with van der Waals surface area (Å²) < 4.78 is 0. The monoisotopic (exact) mass is 319 g/mol. The van der Waals surface area contributed by atoms with Gasteiger partial charge in [0.1, 0.15) is 5.37 Å². The molecule has 0 spiro atoms. The summed E-state index contributed by atoms with van der Waals surface area (Å²) in [6.45, 7) is 0.516. The minimum absolute atomic E-state index is 0.0206. The maximum absolute atomic E-state index is 12.5. The molecule has 1 atom stereocenters. The number of benzene rings is 1. The molecule has 1 aliphatic heterocycles. The highest BCUT2D eigenvalue weighted by atomic mass is 32.2. The SMILES string of the molecule is O=C(O)CSC1c2ccccc2C(=O)N1Cc1cccs1. The Morgan fingerprint density at radius 2 is 2.10 bits per heavy atom. The lowest BCUT2D eigenvalue weighted by atomic mass is 10.1. The molecule has 1 N–H and O–H groups in total. The van der Waals surface area contributed by atoms with Gasteiger partial charge < -0.3 is 10.0 Å². The number of amides is 1. The third-order valence-corrected chi connectivity index (χ3v) is 5.37. The fourth-order valence-corrected chi connectivity index (χ4v) is 4.13. The number of carbonyl (C=O) groups excluding carboxylic acids is 1. The molecule has 2 aromatic rings. The predicted molar refractivity (Wildman–Crippen MR) is 83.5 cm³/mol. The zero-order valence-corrected chi connectivity index (χ0v) is 12.7. The smallest absolute Gasteiger partial charge is 0.313 e. The second kappa shape index (κ2) is 5.91. The van der Waals surface area contributed by atoms with E-state index in [0.29, 0.717) is 12.1 Å². The third kappa shape index (κ3) is 2.82. The van der Waals surface area contributed by atoms with Crippen molar-refractivity contribution in [3.8, 4) is 0 Å². The molecule has 4 nitrogen and oxygen atoms in total. The van der Waals surface area contributed by atoms with Crippen molar-refractivity contribution in [1.29, 1.82) is 0 Å². The van der Waals surface area contributed by atoms with Gasteiger partial charge in [-0.3, -0.25) is 9.59 Å². The number of carbonyl (C=O) groups is 2. The van der Waals surface area contributed by atoms with E-state index < -0.39 is 5.97 Å². The van der Waals surface area contributed by atoms with E-state index in [1.54, 1.807) is 22.3 Å². The summed E-state index contributed by atoms with van der Waals surface area (Å²) in [5, 5.41) is 10.7.